The van der Waals surface area contributed by atoms with Crippen molar-refractivity contribution in [2.75, 3.05) is 11.1 Å². The Morgan fingerprint density at radius 2 is 1.85 bits per heavy atom. The van der Waals surface area contributed by atoms with Crippen molar-refractivity contribution in [1.82, 2.24) is 4.98 Å². The van der Waals surface area contributed by atoms with E-state index in [1.165, 1.54) is 5.56 Å². The van der Waals surface area contributed by atoms with E-state index in [1.54, 1.807) is 0 Å². The van der Waals surface area contributed by atoms with Gasteiger partial charge >= 0.3 is 0 Å². The topological polar surface area (TPSA) is 50.9 Å². The summed E-state index contributed by atoms with van der Waals surface area (Å²) >= 11 is 0. The molecule has 1 aromatic carbocycles. The highest BCUT2D eigenvalue weighted by Gasteiger charge is 2.09. The van der Waals surface area contributed by atoms with Crippen LogP contribution in [-0.2, 0) is 6.42 Å². The molecule has 2 rings (SSSR count). The lowest BCUT2D eigenvalue weighted by atomic mass is 10.1. The minimum atomic E-state index is -0.858. The molecule has 106 valence electrons. The monoisotopic (exact) mass is 277 g/mol. The molecule has 0 unspecified atom stereocenters. The van der Waals surface area contributed by atoms with Crippen LogP contribution in [0.15, 0.2) is 30.3 Å². The average Bonchev–Trinajstić information content (AvgIpc) is 2.44. The first kappa shape index (κ1) is 14.2. The molecule has 0 spiro atoms. The van der Waals surface area contributed by atoms with E-state index in [4.69, 9.17) is 5.73 Å². The highest BCUT2D eigenvalue weighted by atomic mass is 19.1. The average molecular weight is 277 g/mol. The molecular formula is C15H17F2N3. The molecule has 5 heteroatoms. The Hall–Kier alpha value is -2.17. The molecule has 0 amide bonds. The summed E-state index contributed by atoms with van der Waals surface area (Å²) in [4.78, 5) is 3.66. The zero-order chi connectivity index (χ0) is 14.5. The molecule has 0 aliphatic rings. The van der Waals surface area contributed by atoms with Crippen LogP contribution in [0.2, 0.25) is 0 Å². The molecule has 0 radical (unpaired) electrons. The molecule has 2 aromatic rings. The molecule has 0 saturated carbocycles. The van der Waals surface area contributed by atoms with E-state index in [0.717, 1.165) is 25.3 Å². The van der Waals surface area contributed by atoms with Crippen molar-refractivity contribution in [3.63, 3.8) is 0 Å². The van der Waals surface area contributed by atoms with Gasteiger partial charge < -0.3 is 11.1 Å². The lowest BCUT2D eigenvalue weighted by Gasteiger charge is -2.08. The van der Waals surface area contributed by atoms with Gasteiger partial charge in [0.1, 0.15) is 0 Å². The predicted molar refractivity (Wildman–Crippen MR) is 76.9 cm³/mol. The van der Waals surface area contributed by atoms with Crippen LogP contribution < -0.4 is 11.1 Å². The maximum absolute atomic E-state index is 13.5. The molecule has 0 aliphatic heterocycles. The number of rotatable bonds is 5. The highest BCUT2D eigenvalue weighted by Crippen LogP contribution is 2.21. The molecule has 0 bridgehead atoms. The van der Waals surface area contributed by atoms with Crippen molar-refractivity contribution in [2.45, 2.75) is 26.2 Å². The molecule has 1 aromatic heterocycles. The second-order valence-corrected chi connectivity index (χ2v) is 4.61. The molecule has 0 aliphatic carbocycles. The number of nitrogen functional groups attached to an aromatic ring is 1. The van der Waals surface area contributed by atoms with Crippen LogP contribution in [0, 0.1) is 11.6 Å². The summed E-state index contributed by atoms with van der Waals surface area (Å²) in [5.41, 5.74) is 7.24. The number of pyridine rings is 1. The standard InChI is InChI=1S/C15H17F2N3/c1-2-3-4-10-5-7-11(8-6-10)19-15-13(17)9-12(16)14(18)20-15/h5-9H,2-4H2,1H3,(H3,18,19,20). The van der Waals surface area contributed by atoms with Gasteiger partial charge in [0.2, 0.25) is 0 Å². The quantitative estimate of drug-likeness (QED) is 0.867. The summed E-state index contributed by atoms with van der Waals surface area (Å²) in [5.74, 6) is -2.03. The maximum atomic E-state index is 13.5. The maximum Gasteiger partial charge on any atom is 0.169 e. The summed E-state index contributed by atoms with van der Waals surface area (Å²) in [6, 6.07) is 8.35. The van der Waals surface area contributed by atoms with Crippen LogP contribution in [0.5, 0.6) is 0 Å². The summed E-state index contributed by atoms with van der Waals surface area (Å²) < 4.78 is 26.6. The molecule has 3 N–H and O–H groups in total. The van der Waals surface area contributed by atoms with E-state index in [2.05, 4.69) is 17.2 Å². The van der Waals surface area contributed by atoms with E-state index >= 15 is 0 Å². The minimum absolute atomic E-state index is 0.0785. The smallest absolute Gasteiger partial charge is 0.169 e. The Kier molecular flexibility index (Phi) is 4.50. The fourth-order valence-electron chi connectivity index (χ4n) is 1.84. The van der Waals surface area contributed by atoms with E-state index in [-0.39, 0.29) is 11.6 Å². The Morgan fingerprint density at radius 3 is 2.50 bits per heavy atom. The lowest BCUT2D eigenvalue weighted by molar-refractivity contribution is 0.581. The zero-order valence-corrected chi connectivity index (χ0v) is 11.3. The van der Waals surface area contributed by atoms with Crippen LogP contribution in [0.1, 0.15) is 25.3 Å². The van der Waals surface area contributed by atoms with Gasteiger partial charge in [-0.1, -0.05) is 25.5 Å². The van der Waals surface area contributed by atoms with Crippen molar-refractivity contribution in [3.05, 3.63) is 47.5 Å². The molecule has 0 saturated heterocycles. The Labute approximate surface area is 116 Å². The van der Waals surface area contributed by atoms with E-state index in [9.17, 15) is 8.78 Å². The number of nitrogens with one attached hydrogen (secondary N) is 1. The van der Waals surface area contributed by atoms with Crippen molar-refractivity contribution in [2.24, 2.45) is 0 Å². The van der Waals surface area contributed by atoms with Gasteiger partial charge in [-0.25, -0.2) is 13.8 Å². The largest absolute Gasteiger partial charge is 0.381 e. The molecule has 20 heavy (non-hydrogen) atoms. The first-order chi connectivity index (χ1) is 9.60. The predicted octanol–water partition coefficient (Wildman–Crippen LogP) is 4.03. The number of halogens is 2. The number of aryl methyl sites for hydroxylation is 1. The van der Waals surface area contributed by atoms with Gasteiger partial charge in [-0.3, -0.25) is 0 Å². The number of hydrogen-bond donors (Lipinski definition) is 2. The Morgan fingerprint density at radius 1 is 1.15 bits per heavy atom. The number of nitrogens with two attached hydrogens (primary N) is 1. The van der Waals surface area contributed by atoms with Crippen molar-refractivity contribution >= 4 is 17.3 Å². The second-order valence-electron chi connectivity index (χ2n) is 4.61. The number of benzene rings is 1. The normalized spacial score (nSPS) is 10.6. The molecule has 0 atom stereocenters. The summed E-state index contributed by atoms with van der Waals surface area (Å²) in [7, 11) is 0. The van der Waals surface area contributed by atoms with Crippen molar-refractivity contribution in [3.8, 4) is 0 Å². The molecular weight excluding hydrogens is 260 g/mol. The first-order valence-corrected chi connectivity index (χ1v) is 6.57. The third-order valence-electron chi connectivity index (χ3n) is 2.99. The third-order valence-corrected chi connectivity index (χ3v) is 2.99. The van der Waals surface area contributed by atoms with Crippen LogP contribution >= 0.6 is 0 Å². The SMILES string of the molecule is CCCCc1ccc(Nc2nc(N)c(F)cc2F)cc1. The summed E-state index contributed by atoms with van der Waals surface area (Å²) in [6.07, 6.45) is 3.30. The van der Waals surface area contributed by atoms with Gasteiger partial charge in [0, 0.05) is 11.8 Å². The van der Waals surface area contributed by atoms with E-state index < -0.39 is 11.6 Å². The molecule has 3 nitrogen and oxygen atoms in total. The van der Waals surface area contributed by atoms with Gasteiger partial charge in [-0.15, -0.1) is 0 Å². The van der Waals surface area contributed by atoms with Crippen LogP contribution in [0.25, 0.3) is 0 Å². The Balaban J connectivity index is 2.12. The van der Waals surface area contributed by atoms with Crippen LogP contribution in [0.3, 0.4) is 0 Å². The lowest BCUT2D eigenvalue weighted by Crippen LogP contribution is -2.03. The Bertz CT molecular complexity index is 582. The van der Waals surface area contributed by atoms with Crippen molar-refractivity contribution < 1.29 is 8.78 Å². The zero-order valence-electron chi connectivity index (χ0n) is 11.3. The number of aromatic nitrogens is 1. The number of nitrogens with zero attached hydrogens (tertiary/aromatic N) is 1. The third kappa shape index (κ3) is 3.44. The number of unbranched alkanes of at least 4 members (excludes halogenated alkanes) is 1. The van der Waals surface area contributed by atoms with Gasteiger partial charge in [0.15, 0.2) is 23.3 Å². The van der Waals surface area contributed by atoms with Gasteiger partial charge in [0.05, 0.1) is 0 Å². The number of hydrogen-bond acceptors (Lipinski definition) is 3. The van der Waals surface area contributed by atoms with Gasteiger partial charge in [0.25, 0.3) is 0 Å². The fraction of sp³-hybridized carbons (Fsp3) is 0.267. The number of anilines is 3. The fourth-order valence-corrected chi connectivity index (χ4v) is 1.84. The summed E-state index contributed by atoms with van der Waals surface area (Å²) in [6.45, 7) is 2.14. The molecule has 1 heterocycles. The molecule has 0 fully saturated rings. The summed E-state index contributed by atoms with van der Waals surface area (Å²) in [5, 5.41) is 2.79. The minimum Gasteiger partial charge on any atom is -0.381 e. The van der Waals surface area contributed by atoms with Crippen LogP contribution in [0.4, 0.5) is 26.1 Å². The van der Waals surface area contributed by atoms with Crippen molar-refractivity contribution in [1.29, 1.82) is 0 Å². The van der Waals surface area contributed by atoms with Crippen LogP contribution in [-0.4, -0.2) is 4.98 Å². The highest BCUT2D eigenvalue weighted by molar-refractivity contribution is 5.58. The first-order valence-electron chi connectivity index (χ1n) is 6.57. The van der Waals surface area contributed by atoms with E-state index in [1.807, 2.05) is 24.3 Å². The van der Waals surface area contributed by atoms with Gasteiger partial charge in [-0.2, -0.15) is 0 Å². The van der Waals surface area contributed by atoms with Gasteiger partial charge in [-0.05, 0) is 30.5 Å². The second kappa shape index (κ2) is 6.32. The van der Waals surface area contributed by atoms with E-state index in [0.29, 0.717) is 5.69 Å².